The Balaban J connectivity index is 1.93. The molecule has 116 valence electrons. The van der Waals surface area contributed by atoms with Crippen LogP contribution in [0.3, 0.4) is 0 Å². The smallest absolute Gasteiger partial charge is 0.216 e. The predicted molar refractivity (Wildman–Crippen MR) is 87.3 cm³/mol. The largest absolute Gasteiger partial charge is 0.277 e. The van der Waals surface area contributed by atoms with Gasteiger partial charge in [-0.05, 0) is 36.5 Å². The molecule has 0 unspecified atom stereocenters. The molecule has 0 saturated carbocycles. The van der Waals surface area contributed by atoms with Gasteiger partial charge < -0.3 is 0 Å². The molecule has 0 amide bonds. The number of nitrogens with two attached hydrogens (primary N) is 1. The Morgan fingerprint density at radius 2 is 1.82 bits per heavy atom. The molecule has 22 heavy (non-hydrogen) atoms. The highest BCUT2D eigenvalue weighted by Gasteiger charge is 2.33. The van der Waals surface area contributed by atoms with Gasteiger partial charge in [-0.25, -0.2) is 5.14 Å². The minimum Gasteiger partial charge on any atom is -0.216 e. The topological polar surface area (TPSA) is 63.4 Å². The first kappa shape index (κ1) is 15.2. The summed E-state index contributed by atoms with van der Waals surface area (Å²) >= 11 is 0. The number of hydrogen-bond donors (Lipinski definition) is 1. The summed E-state index contributed by atoms with van der Waals surface area (Å²) in [5.41, 5.74) is 4.38. The summed E-state index contributed by atoms with van der Waals surface area (Å²) in [5.74, 6) is 0. The fourth-order valence-electron chi connectivity index (χ4n) is 3.08. The molecule has 3 rings (SSSR count). The van der Waals surface area contributed by atoms with Crippen molar-refractivity contribution in [3.63, 3.8) is 0 Å². The fraction of sp³-hybridized carbons (Fsp3) is 0.294. The van der Waals surface area contributed by atoms with Crippen LogP contribution in [-0.2, 0) is 23.2 Å². The third kappa shape index (κ3) is 3.06. The molecule has 4 nitrogen and oxygen atoms in total. The van der Waals surface area contributed by atoms with Crippen LogP contribution in [0.4, 0.5) is 0 Å². The minimum absolute atomic E-state index is 0.174. The van der Waals surface area contributed by atoms with Gasteiger partial charge >= 0.3 is 0 Å². The van der Waals surface area contributed by atoms with Crippen LogP contribution in [0.25, 0.3) is 0 Å². The van der Waals surface area contributed by atoms with Crippen LogP contribution < -0.4 is 5.14 Å². The van der Waals surface area contributed by atoms with Crippen LogP contribution in [-0.4, -0.2) is 12.7 Å². The summed E-state index contributed by atoms with van der Waals surface area (Å²) < 4.78 is 25.6. The Hall–Kier alpha value is -1.69. The Bertz CT molecular complexity index is 770. The van der Waals surface area contributed by atoms with E-state index < -0.39 is 10.2 Å². The zero-order valence-corrected chi connectivity index (χ0v) is 13.4. The van der Waals surface area contributed by atoms with E-state index in [1.807, 2.05) is 49.4 Å². The Labute approximate surface area is 131 Å². The van der Waals surface area contributed by atoms with Crippen molar-refractivity contribution in [2.75, 3.05) is 0 Å². The molecule has 1 aliphatic carbocycles. The number of fused-ring (bicyclic) bond motifs is 1. The summed E-state index contributed by atoms with van der Waals surface area (Å²) in [6.07, 6.45) is 1.67. The van der Waals surface area contributed by atoms with Gasteiger partial charge in [-0.2, -0.15) is 12.7 Å². The number of nitrogens with zero attached hydrogens (tertiary/aromatic N) is 1. The molecule has 0 radical (unpaired) electrons. The lowest BCUT2D eigenvalue weighted by Gasteiger charge is -2.27. The van der Waals surface area contributed by atoms with Crippen molar-refractivity contribution in [3.05, 3.63) is 70.8 Å². The zero-order chi connectivity index (χ0) is 15.7. The van der Waals surface area contributed by atoms with Crippen LogP contribution in [0.15, 0.2) is 48.5 Å². The van der Waals surface area contributed by atoms with Crippen molar-refractivity contribution in [3.8, 4) is 0 Å². The van der Waals surface area contributed by atoms with Crippen LogP contribution in [0.1, 0.15) is 34.7 Å². The van der Waals surface area contributed by atoms with E-state index in [4.69, 9.17) is 5.14 Å². The van der Waals surface area contributed by atoms with E-state index in [-0.39, 0.29) is 6.04 Å². The third-order valence-electron chi connectivity index (χ3n) is 4.23. The molecule has 0 spiro atoms. The highest BCUT2D eigenvalue weighted by atomic mass is 32.2. The first-order chi connectivity index (χ1) is 10.4. The Morgan fingerprint density at radius 1 is 1.14 bits per heavy atom. The summed E-state index contributed by atoms with van der Waals surface area (Å²) in [5, 5.41) is 5.49. The van der Waals surface area contributed by atoms with E-state index in [0.29, 0.717) is 6.54 Å². The van der Waals surface area contributed by atoms with Crippen molar-refractivity contribution in [2.45, 2.75) is 32.4 Å². The van der Waals surface area contributed by atoms with Gasteiger partial charge in [0.2, 0.25) is 0 Å². The van der Waals surface area contributed by atoms with E-state index in [1.165, 1.54) is 9.87 Å². The molecule has 2 N–H and O–H groups in total. The molecule has 0 heterocycles. The van der Waals surface area contributed by atoms with E-state index >= 15 is 0 Å². The lowest BCUT2D eigenvalue weighted by Crippen LogP contribution is -2.38. The summed E-state index contributed by atoms with van der Waals surface area (Å²) in [6, 6.07) is 15.7. The molecule has 2 aromatic rings. The molecular formula is C17H20N2O2S. The normalized spacial score (nSPS) is 17.7. The van der Waals surface area contributed by atoms with Gasteiger partial charge in [-0.15, -0.1) is 0 Å². The van der Waals surface area contributed by atoms with Crippen molar-refractivity contribution >= 4 is 10.2 Å². The van der Waals surface area contributed by atoms with Gasteiger partial charge in [0.05, 0.1) is 6.04 Å². The van der Waals surface area contributed by atoms with E-state index in [0.717, 1.165) is 29.5 Å². The Kier molecular flexibility index (Phi) is 4.04. The van der Waals surface area contributed by atoms with Crippen LogP contribution in [0.5, 0.6) is 0 Å². The van der Waals surface area contributed by atoms with Gasteiger partial charge in [0, 0.05) is 6.54 Å². The third-order valence-corrected chi connectivity index (χ3v) is 5.27. The maximum absolute atomic E-state index is 12.1. The average Bonchev–Trinajstić information content (AvgIpc) is 2.89. The van der Waals surface area contributed by atoms with Crippen LogP contribution in [0.2, 0.25) is 0 Å². The molecule has 0 bridgehead atoms. The molecule has 1 atom stereocenters. The molecule has 0 saturated heterocycles. The van der Waals surface area contributed by atoms with E-state index in [2.05, 4.69) is 6.07 Å². The van der Waals surface area contributed by atoms with Gasteiger partial charge in [0.25, 0.3) is 10.2 Å². The molecular weight excluding hydrogens is 296 g/mol. The molecule has 0 aromatic heterocycles. The molecule has 5 heteroatoms. The molecule has 0 aliphatic heterocycles. The molecule has 2 aromatic carbocycles. The van der Waals surface area contributed by atoms with Crippen molar-refractivity contribution < 1.29 is 8.42 Å². The second-order valence-electron chi connectivity index (χ2n) is 5.83. The second-order valence-corrected chi connectivity index (χ2v) is 7.33. The summed E-state index contributed by atoms with van der Waals surface area (Å²) in [6.45, 7) is 2.31. The number of rotatable bonds is 4. The molecule has 0 fully saturated rings. The second kappa shape index (κ2) is 5.83. The number of hydrogen-bond acceptors (Lipinski definition) is 2. The maximum Gasteiger partial charge on any atom is 0.277 e. The first-order valence-electron chi connectivity index (χ1n) is 7.38. The van der Waals surface area contributed by atoms with Crippen molar-refractivity contribution in [1.82, 2.24) is 4.31 Å². The average molecular weight is 316 g/mol. The first-order valence-corrected chi connectivity index (χ1v) is 8.88. The quantitative estimate of drug-likeness (QED) is 0.942. The van der Waals surface area contributed by atoms with Gasteiger partial charge in [0.1, 0.15) is 0 Å². The monoisotopic (exact) mass is 316 g/mol. The lowest BCUT2D eigenvalue weighted by atomic mass is 10.1. The summed E-state index contributed by atoms with van der Waals surface area (Å²) in [4.78, 5) is 0. The SMILES string of the molecule is Cc1ccc(CN([C@H]2CCc3ccccc32)S(N)(=O)=O)cc1. The molecule has 1 aliphatic rings. The van der Waals surface area contributed by atoms with Gasteiger partial charge in [-0.3, -0.25) is 0 Å². The van der Waals surface area contributed by atoms with Crippen LogP contribution in [0, 0.1) is 6.92 Å². The standard InChI is InChI=1S/C17H20N2O2S/c1-13-6-8-14(9-7-13)12-19(22(18,20)21)17-11-10-15-4-2-3-5-16(15)17/h2-9,17H,10-12H2,1H3,(H2,18,20,21)/t17-/m0/s1. The van der Waals surface area contributed by atoms with E-state index in [1.54, 1.807) is 0 Å². The van der Waals surface area contributed by atoms with Gasteiger partial charge in [0.15, 0.2) is 0 Å². The summed E-state index contributed by atoms with van der Waals surface area (Å²) in [7, 11) is -3.77. The van der Waals surface area contributed by atoms with E-state index in [9.17, 15) is 8.42 Å². The Morgan fingerprint density at radius 3 is 2.50 bits per heavy atom. The van der Waals surface area contributed by atoms with Crippen molar-refractivity contribution in [2.24, 2.45) is 5.14 Å². The minimum atomic E-state index is -3.77. The highest BCUT2D eigenvalue weighted by molar-refractivity contribution is 7.86. The lowest BCUT2D eigenvalue weighted by molar-refractivity contribution is 0.316. The van der Waals surface area contributed by atoms with Crippen molar-refractivity contribution in [1.29, 1.82) is 0 Å². The number of benzene rings is 2. The highest BCUT2D eigenvalue weighted by Crippen LogP contribution is 2.37. The fourth-order valence-corrected chi connectivity index (χ4v) is 3.99. The van der Waals surface area contributed by atoms with Crippen LogP contribution >= 0.6 is 0 Å². The predicted octanol–water partition coefficient (Wildman–Crippen LogP) is 2.69. The van der Waals surface area contributed by atoms with Gasteiger partial charge in [-0.1, -0.05) is 54.1 Å². The maximum atomic E-state index is 12.1. The zero-order valence-electron chi connectivity index (χ0n) is 12.6. The number of aryl methyl sites for hydroxylation is 2.